The molecule has 3 amide bonds. The van der Waals surface area contributed by atoms with E-state index in [2.05, 4.69) is 5.32 Å². The van der Waals surface area contributed by atoms with Gasteiger partial charge in [-0.3, -0.25) is 19.3 Å². The molecule has 134 valence electrons. The largest absolute Gasteiger partial charge is 0.491 e. The molecule has 0 fully saturated rings. The van der Waals surface area contributed by atoms with Crippen LogP contribution in [0.4, 0.5) is 5.69 Å². The normalized spacial score (nSPS) is 13.2. The third-order valence-electron chi connectivity index (χ3n) is 3.74. The number of anilines is 1. The molecule has 6 nitrogen and oxygen atoms in total. The maximum Gasteiger partial charge on any atom is 0.262 e. The smallest absolute Gasteiger partial charge is 0.262 e. The van der Waals surface area contributed by atoms with Gasteiger partial charge in [0.2, 0.25) is 5.91 Å². The first-order valence-corrected chi connectivity index (χ1v) is 8.45. The molecular formula is C19H17ClN2O4. The van der Waals surface area contributed by atoms with Crippen LogP contribution in [-0.4, -0.2) is 35.3 Å². The highest BCUT2D eigenvalue weighted by Crippen LogP contribution is 2.25. The molecule has 7 heteroatoms. The maximum absolute atomic E-state index is 12.3. The van der Waals surface area contributed by atoms with Gasteiger partial charge < -0.3 is 10.1 Å². The van der Waals surface area contributed by atoms with Gasteiger partial charge in [0.15, 0.2) is 0 Å². The minimum absolute atomic E-state index is 0.0535. The number of rotatable bonds is 5. The lowest BCUT2D eigenvalue weighted by Crippen LogP contribution is -2.37. The first kappa shape index (κ1) is 17.9. The molecule has 3 rings (SSSR count). The number of carbonyl (C=O) groups excluding carboxylic acids is 3. The Morgan fingerprint density at radius 2 is 1.73 bits per heavy atom. The number of fused-ring (bicyclic) bond motifs is 1. The number of halogens is 1. The van der Waals surface area contributed by atoms with E-state index >= 15 is 0 Å². The van der Waals surface area contributed by atoms with Crippen LogP contribution in [0.15, 0.2) is 42.5 Å². The van der Waals surface area contributed by atoms with E-state index in [0.717, 1.165) is 4.90 Å². The van der Waals surface area contributed by atoms with Gasteiger partial charge in [-0.05, 0) is 56.3 Å². The monoisotopic (exact) mass is 372 g/mol. The summed E-state index contributed by atoms with van der Waals surface area (Å²) in [6.07, 6.45) is 0.0535. The molecule has 0 aromatic heterocycles. The van der Waals surface area contributed by atoms with Gasteiger partial charge in [0, 0.05) is 10.7 Å². The van der Waals surface area contributed by atoms with E-state index in [1.54, 1.807) is 24.3 Å². The van der Waals surface area contributed by atoms with Crippen LogP contribution in [0.2, 0.25) is 5.02 Å². The summed E-state index contributed by atoms with van der Waals surface area (Å²) in [5, 5.41) is 3.02. The SMILES string of the molecule is CC(C)Oc1ccc(NC(=O)CN2C(=O)c3ccc(Cl)cc3C2=O)cc1. The van der Waals surface area contributed by atoms with Gasteiger partial charge in [0.05, 0.1) is 17.2 Å². The second-order valence-electron chi connectivity index (χ2n) is 6.13. The van der Waals surface area contributed by atoms with Gasteiger partial charge >= 0.3 is 0 Å². The number of ether oxygens (including phenoxy) is 1. The number of nitrogens with zero attached hydrogens (tertiary/aromatic N) is 1. The fourth-order valence-electron chi connectivity index (χ4n) is 2.64. The second-order valence-corrected chi connectivity index (χ2v) is 6.56. The lowest BCUT2D eigenvalue weighted by molar-refractivity contribution is -0.116. The highest BCUT2D eigenvalue weighted by molar-refractivity contribution is 6.32. The fraction of sp³-hybridized carbons (Fsp3) is 0.211. The summed E-state index contributed by atoms with van der Waals surface area (Å²) in [5.74, 6) is -0.806. The van der Waals surface area contributed by atoms with E-state index in [1.165, 1.54) is 18.2 Å². The summed E-state index contributed by atoms with van der Waals surface area (Å²) in [4.78, 5) is 37.8. The third-order valence-corrected chi connectivity index (χ3v) is 3.98. The van der Waals surface area contributed by atoms with Gasteiger partial charge in [-0.2, -0.15) is 0 Å². The number of hydrogen-bond donors (Lipinski definition) is 1. The third kappa shape index (κ3) is 3.70. The molecule has 0 spiro atoms. The van der Waals surface area contributed by atoms with Crippen molar-refractivity contribution in [3.05, 3.63) is 58.6 Å². The van der Waals surface area contributed by atoms with Crippen LogP contribution in [0.25, 0.3) is 0 Å². The molecule has 0 radical (unpaired) electrons. The number of hydrogen-bond acceptors (Lipinski definition) is 4. The molecule has 2 aromatic carbocycles. The van der Waals surface area contributed by atoms with Crippen LogP contribution >= 0.6 is 11.6 Å². The van der Waals surface area contributed by atoms with Crippen molar-refractivity contribution in [3.8, 4) is 5.75 Å². The molecule has 0 saturated carbocycles. The van der Waals surface area contributed by atoms with Crippen molar-refractivity contribution >= 4 is 35.0 Å². The lowest BCUT2D eigenvalue weighted by Gasteiger charge is -2.14. The zero-order chi connectivity index (χ0) is 18.8. The Bertz CT molecular complexity index is 878. The van der Waals surface area contributed by atoms with Crippen molar-refractivity contribution in [2.45, 2.75) is 20.0 Å². The Labute approximate surface area is 155 Å². The van der Waals surface area contributed by atoms with Crippen LogP contribution in [0, 0.1) is 0 Å². The molecule has 1 N–H and O–H groups in total. The zero-order valence-electron chi connectivity index (χ0n) is 14.3. The standard InChI is InChI=1S/C19H17ClN2O4/c1-11(2)26-14-6-4-13(5-7-14)21-17(23)10-22-18(24)15-8-3-12(20)9-16(15)19(22)25/h3-9,11H,10H2,1-2H3,(H,21,23). The average Bonchev–Trinajstić information content (AvgIpc) is 2.81. The maximum atomic E-state index is 12.3. The topological polar surface area (TPSA) is 75.7 Å². The predicted molar refractivity (Wildman–Crippen MR) is 97.7 cm³/mol. The van der Waals surface area contributed by atoms with E-state index < -0.39 is 17.7 Å². The van der Waals surface area contributed by atoms with E-state index in [-0.39, 0.29) is 23.8 Å². The molecule has 0 bridgehead atoms. The highest BCUT2D eigenvalue weighted by atomic mass is 35.5. The summed E-state index contributed by atoms with van der Waals surface area (Å²) in [7, 11) is 0. The van der Waals surface area contributed by atoms with Crippen LogP contribution in [-0.2, 0) is 4.79 Å². The van der Waals surface area contributed by atoms with Crippen LogP contribution < -0.4 is 10.1 Å². The molecule has 1 aliphatic heterocycles. The molecule has 26 heavy (non-hydrogen) atoms. The molecule has 0 unspecified atom stereocenters. The molecule has 0 atom stereocenters. The van der Waals surface area contributed by atoms with Gasteiger partial charge in [0.25, 0.3) is 11.8 Å². The van der Waals surface area contributed by atoms with Crippen molar-refractivity contribution in [3.63, 3.8) is 0 Å². The van der Waals surface area contributed by atoms with Crippen molar-refractivity contribution < 1.29 is 19.1 Å². The molecule has 0 saturated heterocycles. The quantitative estimate of drug-likeness (QED) is 0.816. The Hall–Kier alpha value is -2.86. The molecule has 0 aliphatic carbocycles. The Morgan fingerprint density at radius 3 is 2.38 bits per heavy atom. The van der Waals surface area contributed by atoms with Crippen molar-refractivity contribution in [1.29, 1.82) is 0 Å². The molecule has 1 heterocycles. The summed E-state index contributed by atoms with van der Waals surface area (Å²) < 4.78 is 5.53. The average molecular weight is 373 g/mol. The first-order valence-electron chi connectivity index (χ1n) is 8.07. The van der Waals surface area contributed by atoms with Crippen LogP contribution in [0.1, 0.15) is 34.6 Å². The lowest BCUT2D eigenvalue weighted by atomic mass is 10.1. The fourth-order valence-corrected chi connectivity index (χ4v) is 2.81. The van der Waals surface area contributed by atoms with E-state index in [4.69, 9.17) is 16.3 Å². The van der Waals surface area contributed by atoms with Gasteiger partial charge in [-0.25, -0.2) is 0 Å². The first-order chi connectivity index (χ1) is 12.3. The summed E-state index contributed by atoms with van der Waals surface area (Å²) >= 11 is 5.87. The van der Waals surface area contributed by atoms with E-state index in [0.29, 0.717) is 16.5 Å². The number of carbonyl (C=O) groups is 3. The van der Waals surface area contributed by atoms with Crippen LogP contribution in [0.3, 0.4) is 0 Å². The number of imide groups is 1. The summed E-state index contributed by atoms with van der Waals surface area (Å²) in [5.41, 5.74) is 1.01. The second kappa shape index (κ2) is 7.17. The number of benzene rings is 2. The molecular weight excluding hydrogens is 356 g/mol. The highest BCUT2D eigenvalue weighted by Gasteiger charge is 2.36. The van der Waals surface area contributed by atoms with E-state index in [1.807, 2.05) is 13.8 Å². The van der Waals surface area contributed by atoms with Crippen molar-refractivity contribution in [1.82, 2.24) is 4.90 Å². The Balaban J connectivity index is 1.65. The van der Waals surface area contributed by atoms with Gasteiger partial charge in [-0.15, -0.1) is 0 Å². The number of amides is 3. The zero-order valence-corrected chi connectivity index (χ0v) is 15.0. The molecule has 1 aliphatic rings. The Kier molecular flexibility index (Phi) is 4.95. The van der Waals surface area contributed by atoms with Gasteiger partial charge in [0.1, 0.15) is 12.3 Å². The minimum atomic E-state index is -0.525. The Morgan fingerprint density at radius 1 is 1.08 bits per heavy atom. The molecule has 2 aromatic rings. The summed E-state index contributed by atoms with van der Waals surface area (Å²) in [6, 6.07) is 11.3. The van der Waals surface area contributed by atoms with E-state index in [9.17, 15) is 14.4 Å². The predicted octanol–water partition coefficient (Wildman–Crippen LogP) is 3.36. The van der Waals surface area contributed by atoms with Crippen LogP contribution in [0.5, 0.6) is 5.75 Å². The van der Waals surface area contributed by atoms with Crippen molar-refractivity contribution in [2.75, 3.05) is 11.9 Å². The minimum Gasteiger partial charge on any atom is -0.491 e. The number of nitrogens with one attached hydrogen (secondary N) is 1. The van der Waals surface area contributed by atoms with Crippen molar-refractivity contribution in [2.24, 2.45) is 0 Å². The van der Waals surface area contributed by atoms with Gasteiger partial charge in [-0.1, -0.05) is 11.6 Å². The summed E-state index contributed by atoms with van der Waals surface area (Å²) in [6.45, 7) is 3.48.